The number of aliphatic hydroxyl groups is 1. The highest BCUT2D eigenvalue weighted by Gasteiger charge is 2.18. The summed E-state index contributed by atoms with van der Waals surface area (Å²) in [6.07, 6.45) is 1.61. The lowest BCUT2D eigenvalue weighted by molar-refractivity contribution is -0.125. The molecule has 0 aliphatic carbocycles. The molecule has 1 rings (SSSR count). The zero-order valence-electron chi connectivity index (χ0n) is 11.9. The molecular weight excluding hydrogens is 278 g/mol. The number of nitrogens with one attached hydrogen (secondary N) is 1. The van der Waals surface area contributed by atoms with Gasteiger partial charge in [-0.2, -0.15) is 0 Å². The Morgan fingerprint density at radius 1 is 1.40 bits per heavy atom. The molecule has 2 unspecified atom stereocenters. The molecule has 0 spiro atoms. The van der Waals surface area contributed by atoms with Crippen molar-refractivity contribution in [3.8, 4) is 0 Å². The van der Waals surface area contributed by atoms with Crippen molar-refractivity contribution in [1.29, 1.82) is 0 Å². The third kappa shape index (κ3) is 5.49. The Hall–Kier alpha value is -1.10. The van der Waals surface area contributed by atoms with Crippen LogP contribution in [0.15, 0.2) is 24.3 Å². The average molecular weight is 300 g/mol. The van der Waals surface area contributed by atoms with Gasteiger partial charge in [-0.25, -0.2) is 0 Å². The van der Waals surface area contributed by atoms with Crippen LogP contribution in [0.1, 0.15) is 31.4 Å². The number of benzene rings is 1. The van der Waals surface area contributed by atoms with E-state index < -0.39 is 6.04 Å². The van der Waals surface area contributed by atoms with E-state index in [0.29, 0.717) is 11.6 Å². The summed E-state index contributed by atoms with van der Waals surface area (Å²) in [4.78, 5) is 12.1. The Kier molecular flexibility index (Phi) is 7.59. The molecule has 0 aromatic heterocycles. The summed E-state index contributed by atoms with van der Waals surface area (Å²) in [5.74, 6) is -0.165. The predicted octanol–water partition coefficient (Wildman–Crippen LogP) is 2.55. The average Bonchev–Trinajstić information content (AvgIpc) is 2.45. The molecule has 1 aromatic rings. The molecule has 0 heterocycles. The van der Waals surface area contributed by atoms with Crippen molar-refractivity contribution in [2.75, 3.05) is 20.3 Å². The van der Waals surface area contributed by atoms with E-state index in [2.05, 4.69) is 5.32 Å². The van der Waals surface area contributed by atoms with E-state index in [0.717, 1.165) is 18.4 Å². The van der Waals surface area contributed by atoms with Crippen LogP contribution >= 0.6 is 11.6 Å². The second-order valence-corrected chi connectivity index (χ2v) is 5.27. The normalized spacial score (nSPS) is 13.8. The standard InChI is InChI=1S/C15H22ClNO3/c1-11(4-3-9-20-2)15(19)17-14(10-18)12-5-7-13(16)8-6-12/h5-8,11,14,18H,3-4,9-10H2,1-2H3,(H,17,19). The predicted molar refractivity (Wildman–Crippen MR) is 79.7 cm³/mol. The smallest absolute Gasteiger partial charge is 0.223 e. The van der Waals surface area contributed by atoms with Crippen LogP contribution in [0.25, 0.3) is 0 Å². The van der Waals surface area contributed by atoms with Gasteiger partial charge in [-0.1, -0.05) is 30.7 Å². The van der Waals surface area contributed by atoms with Crippen molar-refractivity contribution in [2.24, 2.45) is 5.92 Å². The van der Waals surface area contributed by atoms with E-state index >= 15 is 0 Å². The highest BCUT2D eigenvalue weighted by atomic mass is 35.5. The van der Waals surface area contributed by atoms with Crippen molar-refractivity contribution in [2.45, 2.75) is 25.8 Å². The molecule has 0 fully saturated rings. The molecule has 0 saturated carbocycles. The second kappa shape index (κ2) is 8.95. The molecule has 0 saturated heterocycles. The Morgan fingerprint density at radius 2 is 2.05 bits per heavy atom. The minimum atomic E-state index is -0.398. The fraction of sp³-hybridized carbons (Fsp3) is 0.533. The Morgan fingerprint density at radius 3 is 2.60 bits per heavy atom. The lowest BCUT2D eigenvalue weighted by Gasteiger charge is -2.19. The maximum Gasteiger partial charge on any atom is 0.223 e. The number of hydrogen-bond donors (Lipinski definition) is 2. The molecule has 2 atom stereocenters. The first-order valence-corrected chi connectivity index (χ1v) is 7.12. The summed E-state index contributed by atoms with van der Waals surface area (Å²) in [6, 6.07) is 6.70. The van der Waals surface area contributed by atoms with E-state index in [4.69, 9.17) is 16.3 Å². The van der Waals surface area contributed by atoms with Gasteiger partial charge in [0.05, 0.1) is 12.6 Å². The monoisotopic (exact) mass is 299 g/mol. The van der Waals surface area contributed by atoms with Crippen molar-refractivity contribution >= 4 is 17.5 Å². The molecule has 112 valence electrons. The first-order chi connectivity index (χ1) is 9.58. The van der Waals surface area contributed by atoms with Crippen LogP contribution in [-0.4, -0.2) is 31.3 Å². The zero-order valence-corrected chi connectivity index (χ0v) is 12.7. The fourth-order valence-electron chi connectivity index (χ4n) is 1.91. The summed E-state index contributed by atoms with van der Waals surface area (Å²) in [5.41, 5.74) is 0.842. The van der Waals surface area contributed by atoms with E-state index in [1.54, 1.807) is 31.4 Å². The minimum absolute atomic E-state index is 0.0601. The fourth-order valence-corrected chi connectivity index (χ4v) is 2.03. The van der Waals surface area contributed by atoms with Gasteiger partial charge in [0, 0.05) is 24.7 Å². The summed E-state index contributed by atoms with van der Waals surface area (Å²) in [6.45, 7) is 2.39. The van der Waals surface area contributed by atoms with E-state index in [1.165, 1.54) is 0 Å². The van der Waals surface area contributed by atoms with Gasteiger partial charge in [0.1, 0.15) is 0 Å². The van der Waals surface area contributed by atoms with Crippen molar-refractivity contribution in [3.63, 3.8) is 0 Å². The molecule has 2 N–H and O–H groups in total. The van der Waals surface area contributed by atoms with Gasteiger partial charge in [0.25, 0.3) is 0 Å². The van der Waals surface area contributed by atoms with Gasteiger partial charge >= 0.3 is 0 Å². The number of halogens is 1. The molecule has 0 bridgehead atoms. The van der Waals surface area contributed by atoms with E-state index in [1.807, 2.05) is 6.92 Å². The van der Waals surface area contributed by atoms with Gasteiger partial charge in [0.2, 0.25) is 5.91 Å². The Labute approximate surface area is 125 Å². The van der Waals surface area contributed by atoms with Crippen LogP contribution in [0.2, 0.25) is 5.02 Å². The number of carbonyl (C=O) groups excluding carboxylic acids is 1. The quantitative estimate of drug-likeness (QED) is 0.725. The minimum Gasteiger partial charge on any atom is -0.394 e. The van der Waals surface area contributed by atoms with Gasteiger partial charge in [-0.15, -0.1) is 0 Å². The van der Waals surface area contributed by atoms with Crippen molar-refractivity contribution < 1.29 is 14.6 Å². The first-order valence-electron chi connectivity index (χ1n) is 6.74. The number of methoxy groups -OCH3 is 1. The van der Waals surface area contributed by atoms with Gasteiger partial charge in [-0.05, 0) is 30.5 Å². The first kappa shape index (κ1) is 17.0. The van der Waals surface area contributed by atoms with Crippen LogP contribution in [0.5, 0.6) is 0 Å². The van der Waals surface area contributed by atoms with E-state index in [9.17, 15) is 9.90 Å². The highest BCUT2D eigenvalue weighted by Crippen LogP contribution is 2.17. The van der Waals surface area contributed by atoms with Crippen molar-refractivity contribution in [3.05, 3.63) is 34.9 Å². The van der Waals surface area contributed by atoms with Crippen molar-refractivity contribution in [1.82, 2.24) is 5.32 Å². The summed E-state index contributed by atoms with van der Waals surface area (Å²) in [7, 11) is 1.65. The molecule has 0 aliphatic heterocycles. The molecule has 1 aromatic carbocycles. The number of rotatable bonds is 8. The third-order valence-corrected chi connectivity index (χ3v) is 3.46. The van der Waals surface area contributed by atoms with Crippen LogP contribution in [0.4, 0.5) is 0 Å². The molecule has 5 heteroatoms. The van der Waals surface area contributed by atoms with Crippen LogP contribution in [-0.2, 0) is 9.53 Å². The summed E-state index contributed by atoms with van der Waals surface area (Å²) < 4.78 is 4.97. The second-order valence-electron chi connectivity index (χ2n) is 4.83. The SMILES string of the molecule is COCCCC(C)C(=O)NC(CO)c1ccc(Cl)cc1. The molecule has 1 amide bonds. The van der Waals surface area contributed by atoms with E-state index in [-0.39, 0.29) is 18.4 Å². The maximum atomic E-state index is 12.1. The zero-order chi connectivity index (χ0) is 15.0. The topological polar surface area (TPSA) is 58.6 Å². The van der Waals surface area contributed by atoms with Crippen LogP contribution < -0.4 is 5.32 Å². The lowest BCUT2D eigenvalue weighted by Crippen LogP contribution is -2.34. The largest absolute Gasteiger partial charge is 0.394 e. The molecular formula is C15H22ClNO3. The molecule has 4 nitrogen and oxygen atoms in total. The van der Waals surface area contributed by atoms with Gasteiger partial charge in [0.15, 0.2) is 0 Å². The summed E-state index contributed by atoms with van der Waals surface area (Å²) in [5, 5.41) is 12.9. The molecule has 0 radical (unpaired) electrons. The Balaban J connectivity index is 2.54. The number of hydrogen-bond acceptors (Lipinski definition) is 3. The maximum absolute atomic E-state index is 12.1. The van der Waals surface area contributed by atoms with Crippen LogP contribution in [0.3, 0.4) is 0 Å². The summed E-state index contributed by atoms with van der Waals surface area (Å²) >= 11 is 5.82. The number of amides is 1. The molecule has 20 heavy (non-hydrogen) atoms. The number of ether oxygens (including phenoxy) is 1. The Bertz CT molecular complexity index is 408. The van der Waals surface area contributed by atoms with Gasteiger partial charge in [-0.3, -0.25) is 4.79 Å². The number of aliphatic hydroxyl groups excluding tert-OH is 1. The molecule has 0 aliphatic rings. The lowest BCUT2D eigenvalue weighted by atomic mass is 10.0. The van der Waals surface area contributed by atoms with Crippen LogP contribution in [0, 0.1) is 5.92 Å². The highest BCUT2D eigenvalue weighted by molar-refractivity contribution is 6.30. The third-order valence-electron chi connectivity index (χ3n) is 3.20. The number of carbonyl (C=O) groups is 1. The van der Waals surface area contributed by atoms with Gasteiger partial charge < -0.3 is 15.2 Å².